The van der Waals surface area contributed by atoms with Crippen LogP contribution in [0.5, 0.6) is 0 Å². The molecule has 24 heavy (non-hydrogen) atoms. The third-order valence-electron chi connectivity index (χ3n) is 4.00. The van der Waals surface area contributed by atoms with Gasteiger partial charge in [0.1, 0.15) is 5.54 Å². The molecule has 6 heteroatoms. The van der Waals surface area contributed by atoms with E-state index in [0.29, 0.717) is 12.8 Å². The SMILES string of the molecule is C[C@]1(CCc2ccccc2)NC(=O)N(/N=C\c2cccnc2)C1=O. The van der Waals surface area contributed by atoms with Crippen LogP contribution in [0.15, 0.2) is 60.0 Å². The highest BCUT2D eigenvalue weighted by atomic mass is 16.2. The predicted molar refractivity (Wildman–Crippen MR) is 90.4 cm³/mol. The van der Waals surface area contributed by atoms with Crippen LogP contribution in [0.3, 0.4) is 0 Å². The van der Waals surface area contributed by atoms with Gasteiger partial charge in [0.25, 0.3) is 5.91 Å². The molecule has 0 spiro atoms. The maximum Gasteiger partial charge on any atom is 0.346 e. The largest absolute Gasteiger partial charge is 0.346 e. The molecule has 1 aliphatic heterocycles. The Kier molecular flexibility index (Phi) is 4.37. The van der Waals surface area contributed by atoms with Crippen molar-refractivity contribution in [2.24, 2.45) is 5.10 Å². The third-order valence-corrected chi connectivity index (χ3v) is 4.00. The van der Waals surface area contributed by atoms with Crippen molar-refractivity contribution in [1.82, 2.24) is 15.3 Å². The van der Waals surface area contributed by atoms with Crippen molar-refractivity contribution < 1.29 is 9.59 Å². The Morgan fingerprint density at radius 2 is 2.00 bits per heavy atom. The second-order valence-corrected chi connectivity index (χ2v) is 5.90. The summed E-state index contributed by atoms with van der Waals surface area (Å²) in [6.07, 6.45) is 5.92. The number of pyridine rings is 1. The normalized spacial score (nSPS) is 20.6. The average Bonchev–Trinajstić information content (AvgIpc) is 2.83. The third kappa shape index (κ3) is 3.32. The van der Waals surface area contributed by atoms with Gasteiger partial charge in [-0.3, -0.25) is 9.78 Å². The zero-order valence-corrected chi connectivity index (χ0v) is 13.3. The first-order valence-electron chi connectivity index (χ1n) is 7.73. The number of nitrogens with zero attached hydrogens (tertiary/aromatic N) is 3. The van der Waals surface area contributed by atoms with Crippen molar-refractivity contribution in [3.63, 3.8) is 0 Å². The molecular formula is C18H18N4O2. The fourth-order valence-electron chi connectivity index (χ4n) is 2.56. The van der Waals surface area contributed by atoms with Crippen molar-refractivity contribution in [3.05, 3.63) is 66.0 Å². The highest BCUT2D eigenvalue weighted by molar-refractivity contribution is 6.07. The minimum Gasteiger partial charge on any atom is -0.322 e. The Balaban J connectivity index is 1.70. The van der Waals surface area contributed by atoms with Gasteiger partial charge in [-0.15, -0.1) is 5.01 Å². The van der Waals surface area contributed by atoms with Crippen LogP contribution in [0.4, 0.5) is 4.79 Å². The first-order valence-corrected chi connectivity index (χ1v) is 7.73. The lowest BCUT2D eigenvalue weighted by Crippen LogP contribution is -2.44. The predicted octanol–water partition coefficient (Wildman–Crippen LogP) is 2.36. The van der Waals surface area contributed by atoms with Gasteiger partial charge in [-0.2, -0.15) is 5.10 Å². The number of hydrazone groups is 1. The number of imide groups is 1. The van der Waals surface area contributed by atoms with Crippen LogP contribution in [0.2, 0.25) is 0 Å². The Bertz CT molecular complexity index is 761. The second-order valence-electron chi connectivity index (χ2n) is 5.90. The molecule has 0 aliphatic carbocycles. The summed E-state index contributed by atoms with van der Waals surface area (Å²) in [5.41, 5.74) is 0.896. The van der Waals surface area contributed by atoms with Gasteiger partial charge in [0.05, 0.1) is 6.21 Å². The number of hydrogen-bond acceptors (Lipinski definition) is 4. The van der Waals surface area contributed by atoms with Crippen LogP contribution in [0, 0.1) is 0 Å². The molecule has 0 saturated carbocycles. The lowest BCUT2D eigenvalue weighted by Gasteiger charge is -2.20. The molecule has 1 atom stereocenters. The summed E-state index contributed by atoms with van der Waals surface area (Å²) in [5.74, 6) is -0.344. The van der Waals surface area contributed by atoms with Crippen molar-refractivity contribution in [2.45, 2.75) is 25.3 Å². The summed E-state index contributed by atoms with van der Waals surface area (Å²) in [7, 11) is 0. The molecule has 3 rings (SSSR count). The number of rotatable bonds is 5. The summed E-state index contributed by atoms with van der Waals surface area (Å²) in [5, 5.41) is 7.64. The molecule has 1 aliphatic rings. The van der Waals surface area contributed by atoms with E-state index in [1.807, 2.05) is 30.3 Å². The number of hydrogen-bond donors (Lipinski definition) is 1. The van der Waals surface area contributed by atoms with E-state index in [0.717, 1.165) is 16.1 Å². The van der Waals surface area contributed by atoms with Gasteiger partial charge in [-0.05, 0) is 31.4 Å². The van der Waals surface area contributed by atoms with Crippen LogP contribution in [-0.2, 0) is 11.2 Å². The number of nitrogens with one attached hydrogen (secondary N) is 1. The molecule has 1 saturated heterocycles. The van der Waals surface area contributed by atoms with E-state index in [4.69, 9.17) is 0 Å². The number of benzene rings is 1. The van der Waals surface area contributed by atoms with E-state index in [2.05, 4.69) is 15.4 Å². The van der Waals surface area contributed by atoms with E-state index >= 15 is 0 Å². The Hall–Kier alpha value is -3.02. The molecule has 6 nitrogen and oxygen atoms in total. The van der Waals surface area contributed by atoms with Gasteiger partial charge in [-0.1, -0.05) is 36.4 Å². The Labute approximate surface area is 140 Å². The molecule has 1 fully saturated rings. The van der Waals surface area contributed by atoms with Gasteiger partial charge >= 0.3 is 6.03 Å². The molecule has 0 bridgehead atoms. The molecule has 3 amide bonds. The summed E-state index contributed by atoms with van der Waals surface area (Å²) in [6, 6.07) is 12.9. The quantitative estimate of drug-likeness (QED) is 0.678. The summed E-state index contributed by atoms with van der Waals surface area (Å²) in [6.45, 7) is 1.73. The van der Waals surface area contributed by atoms with Crippen LogP contribution in [-0.4, -0.2) is 33.7 Å². The molecule has 2 aromatic rings. The van der Waals surface area contributed by atoms with Crippen LogP contribution in [0.25, 0.3) is 0 Å². The van der Waals surface area contributed by atoms with Crippen molar-refractivity contribution in [2.75, 3.05) is 0 Å². The number of aryl methyl sites for hydroxylation is 1. The average molecular weight is 322 g/mol. The minimum absolute atomic E-state index is 0.344. The molecule has 1 aromatic heterocycles. The highest BCUT2D eigenvalue weighted by Gasteiger charge is 2.47. The van der Waals surface area contributed by atoms with E-state index in [1.54, 1.807) is 31.5 Å². The van der Waals surface area contributed by atoms with Crippen molar-refractivity contribution in [3.8, 4) is 0 Å². The summed E-state index contributed by atoms with van der Waals surface area (Å²) in [4.78, 5) is 28.7. The number of amides is 3. The first-order chi connectivity index (χ1) is 11.6. The smallest absolute Gasteiger partial charge is 0.322 e. The zero-order chi connectivity index (χ0) is 17.0. The fraction of sp³-hybridized carbons (Fsp3) is 0.222. The molecule has 122 valence electrons. The van der Waals surface area contributed by atoms with Gasteiger partial charge in [0.15, 0.2) is 0 Å². The maximum atomic E-state index is 12.6. The molecule has 1 N–H and O–H groups in total. The van der Waals surface area contributed by atoms with E-state index in [-0.39, 0.29) is 5.91 Å². The van der Waals surface area contributed by atoms with Gasteiger partial charge < -0.3 is 5.32 Å². The van der Waals surface area contributed by atoms with Crippen LogP contribution >= 0.6 is 0 Å². The van der Waals surface area contributed by atoms with Gasteiger partial charge in [0, 0.05) is 18.0 Å². The molecule has 2 heterocycles. The fourth-order valence-corrected chi connectivity index (χ4v) is 2.56. The number of carbonyl (C=O) groups is 2. The summed E-state index contributed by atoms with van der Waals surface area (Å²) < 4.78 is 0. The zero-order valence-electron chi connectivity index (χ0n) is 13.3. The van der Waals surface area contributed by atoms with Crippen molar-refractivity contribution in [1.29, 1.82) is 0 Å². The lowest BCUT2D eigenvalue weighted by atomic mass is 9.93. The standard InChI is InChI=1S/C18H18N4O2/c1-18(10-9-14-6-3-2-4-7-14)16(23)22(17(24)21-18)20-13-15-8-5-11-19-12-15/h2-8,11-13H,9-10H2,1H3,(H,21,24)/b20-13-/t18-/m1/s1. The molecule has 0 unspecified atom stereocenters. The van der Waals surface area contributed by atoms with E-state index in [1.165, 1.54) is 6.21 Å². The van der Waals surface area contributed by atoms with Crippen LogP contribution < -0.4 is 5.32 Å². The van der Waals surface area contributed by atoms with Crippen LogP contribution in [0.1, 0.15) is 24.5 Å². The second kappa shape index (κ2) is 6.62. The number of carbonyl (C=O) groups excluding carboxylic acids is 2. The van der Waals surface area contributed by atoms with Crippen molar-refractivity contribution >= 4 is 18.2 Å². The number of aromatic nitrogens is 1. The maximum absolute atomic E-state index is 12.6. The number of urea groups is 1. The van der Waals surface area contributed by atoms with E-state index < -0.39 is 11.6 Å². The summed E-state index contributed by atoms with van der Waals surface area (Å²) >= 11 is 0. The Morgan fingerprint density at radius 3 is 2.71 bits per heavy atom. The molecule has 0 radical (unpaired) electrons. The van der Waals surface area contributed by atoms with Gasteiger partial charge in [0.2, 0.25) is 0 Å². The topological polar surface area (TPSA) is 74.7 Å². The minimum atomic E-state index is -0.945. The monoisotopic (exact) mass is 322 g/mol. The van der Waals surface area contributed by atoms with E-state index in [9.17, 15) is 9.59 Å². The Morgan fingerprint density at radius 1 is 1.21 bits per heavy atom. The molecular weight excluding hydrogens is 304 g/mol. The first kappa shape index (κ1) is 15.9. The lowest BCUT2D eigenvalue weighted by molar-refractivity contribution is -0.130. The highest BCUT2D eigenvalue weighted by Crippen LogP contribution is 2.23. The molecule has 1 aromatic carbocycles. The van der Waals surface area contributed by atoms with Gasteiger partial charge in [-0.25, -0.2) is 4.79 Å².